The summed E-state index contributed by atoms with van der Waals surface area (Å²) in [7, 11) is 0. The highest BCUT2D eigenvalue weighted by Gasteiger charge is 2.08. The molecule has 0 amide bonds. The van der Waals surface area contributed by atoms with Gasteiger partial charge in [-0.15, -0.1) is 0 Å². The molecule has 0 unspecified atom stereocenters. The molecule has 0 fully saturated rings. The van der Waals surface area contributed by atoms with Gasteiger partial charge in [-0.3, -0.25) is 0 Å². The molecule has 0 N–H and O–H groups in total. The Kier molecular flexibility index (Phi) is 3.61. The number of carbonyl (C=O) groups excluding carboxylic acids is 2. The van der Waals surface area contributed by atoms with E-state index >= 15 is 0 Å². The van der Waals surface area contributed by atoms with Crippen molar-refractivity contribution in [3.05, 3.63) is 42.5 Å². The highest BCUT2D eigenvalue weighted by molar-refractivity contribution is 5.92. The number of para-hydroxylation sites is 1. The van der Waals surface area contributed by atoms with E-state index in [2.05, 4.69) is 6.58 Å². The third kappa shape index (κ3) is 2.86. The van der Waals surface area contributed by atoms with Crippen molar-refractivity contribution in [3.8, 4) is 5.75 Å². The van der Waals surface area contributed by atoms with E-state index in [0.29, 0.717) is 12.0 Å². The fourth-order valence-corrected chi connectivity index (χ4v) is 0.852. The van der Waals surface area contributed by atoms with Crippen LogP contribution in [0.15, 0.2) is 42.5 Å². The van der Waals surface area contributed by atoms with E-state index in [0.717, 1.165) is 0 Å². The third-order valence-corrected chi connectivity index (χ3v) is 1.57. The Hall–Kier alpha value is -1.90. The van der Waals surface area contributed by atoms with Gasteiger partial charge in [-0.1, -0.05) is 24.8 Å². The van der Waals surface area contributed by atoms with E-state index in [-0.39, 0.29) is 12.0 Å². The van der Waals surface area contributed by atoms with Gasteiger partial charge in [0.25, 0.3) is 0 Å². The van der Waals surface area contributed by atoms with Crippen molar-refractivity contribution >= 4 is 12.3 Å². The van der Waals surface area contributed by atoms with E-state index in [1.165, 1.54) is 0 Å². The lowest BCUT2D eigenvalue weighted by Gasteiger charge is -2.03. The molecular weight excluding hydrogens is 180 g/mol. The SMILES string of the molecule is C=C(CC=O)C(=O)Oc1ccccc1. The number of hydrogen-bond donors (Lipinski definition) is 0. The summed E-state index contributed by atoms with van der Waals surface area (Å²) in [5.41, 5.74) is 0.156. The summed E-state index contributed by atoms with van der Waals surface area (Å²) in [4.78, 5) is 21.3. The molecule has 0 aliphatic heterocycles. The van der Waals surface area contributed by atoms with Crippen molar-refractivity contribution in [1.82, 2.24) is 0 Å². The summed E-state index contributed by atoms with van der Waals surface area (Å²) in [5, 5.41) is 0. The quantitative estimate of drug-likeness (QED) is 0.314. The molecule has 0 aliphatic rings. The maximum absolute atomic E-state index is 11.2. The number of esters is 1. The molecule has 0 aliphatic carbocycles. The molecule has 1 rings (SSSR count). The lowest BCUT2D eigenvalue weighted by molar-refractivity contribution is -0.130. The molecule has 14 heavy (non-hydrogen) atoms. The molecule has 0 saturated heterocycles. The fourth-order valence-electron chi connectivity index (χ4n) is 0.852. The summed E-state index contributed by atoms with van der Waals surface area (Å²) >= 11 is 0. The van der Waals surface area contributed by atoms with Crippen LogP contribution in [0.4, 0.5) is 0 Å². The van der Waals surface area contributed by atoms with Gasteiger partial charge in [-0.2, -0.15) is 0 Å². The Bertz CT molecular complexity index is 341. The molecule has 3 heteroatoms. The van der Waals surface area contributed by atoms with Gasteiger partial charge in [0.2, 0.25) is 0 Å². The van der Waals surface area contributed by atoms with Crippen molar-refractivity contribution < 1.29 is 14.3 Å². The van der Waals surface area contributed by atoms with Crippen molar-refractivity contribution in [2.75, 3.05) is 0 Å². The minimum atomic E-state index is -0.566. The van der Waals surface area contributed by atoms with Crippen LogP contribution >= 0.6 is 0 Å². The molecule has 0 bridgehead atoms. The lowest BCUT2D eigenvalue weighted by atomic mass is 10.2. The molecule has 0 saturated carbocycles. The Balaban J connectivity index is 2.57. The zero-order valence-corrected chi connectivity index (χ0v) is 7.60. The molecule has 1 aromatic rings. The van der Waals surface area contributed by atoms with Gasteiger partial charge >= 0.3 is 5.97 Å². The minimum absolute atomic E-state index is 0.00562. The van der Waals surface area contributed by atoms with Gasteiger partial charge in [0.1, 0.15) is 12.0 Å². The summed E-state index contributed by atoms with van der Waals surface area (Å²) in [6.45, 7) is 3.43. The van der Waals surface area contributed by atoms with Gasteiger partial charge in [-0.05, 0) is 12.1 Å². The molecule has 0 heterocycles. The number of rotatable bonds is 4. The second-order valence-electron chi connectivity index (χ2n) is 2.68. The zero-order valence-electron chi connectivity index (χ0n) is 7.60. The van der Waals surface area contributed by atoms with Crippen LogP contribution in [-0.4, -0.2) is 12.3 Å². The molecule has 0 spiro atoms. The van der Waals surface area contributed by atoms with Gasteiger partial charge in [-0.25, -0.2) is 4.79 Å². The van der Waals surface area contributed by atoms with Crippen molar-refractivity contribution in [3.63, 3.8) is 0 Å². The zero-order chi connectivity index (χ0) is 10.4. The number of hydrogen-bond acceptors (Lipinski definition) is 3. The number of benzene rings is 1. The summed E-state index contributed by atoms with van der Waals surface area (Å²) in [6, 6.07) is 8.64. The molecule has 0 atom stereocenters. The predicted molar refractivity (Wildman–Crippen MR) is 51.9 cm³/mol. The maximum Gasteiger partial charge on any atom is 0.339 e. The van der Waals surface area contributed by atoms with Gasteiger partial charge in [0, 0.05) is 12.0 Å². The molecule has 72 valence electrons. The molecule has 3 nitrogen and oxygen atoms in total. The molecular formula is C11H10O3. The average molecular weight is 190 g/mol. The first-order valence-corrected chi connectivity index (χ1v) is 4.12. The Morgan fingerprint density at radius 1 is 1.36 bits per heavy atom. The highest BCUT2D eigenvalue weighted by atomic mass is 16.5. The van der Waals surface area contributed by atoms with Crippen molar-refractivity contribution in [1.29, 1.82) is 0 Å². The second-order valence-corrected chi connectivity index (χ2v) is 2.68. The average Bonchev–Trinajstić information content (AvgIpc) is 2.19. The van der Waals surface area contributed by atoms with Crippen LogP contribution in [0.1, 0.15) is 6.42 Å². The van der Waals surface area contributed by atoms with Crippen LogP contribution in [0.3, 0.4) is 0 Å². The van der Waals surface area contributed by atoms with E-state index in [1.807, 2.05) is 6.07 Å². The van der Waals surface area contributed by atoms with Crippen molar-refractivity contribution in [2.45, 2.75) is 6.42 Å². The first-order chi connectivity index (χ1) is 6.74. The van der Waals surface area contributed by atoms with Gasteiger partial charge < -0.3 is 9.53 Å². The van der Waals surface area contributed by atoms with Crippen LogP contribution in [0.25, 0.3) is 0 Å². The third-order valence-electron chi connectivity index (χ3n) is 1.57. The van der Waals surface area contributed by atoms with Gasteiger partial charge in [0.05, 0.1) is 0 Å². The first-order valence-electron chi connectivity index (χ1n) is 4.12. The second kappa shape index (κ2) is 4.97. The number of carbonyl (C=O) groups is 2. The van der Waals surface area contributed by atoms with Crippen LogP contribution in [0.2, 0.25) is 0 Å². The normalized spacial score (nSPS) is 9.14. The Morgan fingerprint density at radius 2 is 2.00 bits per heavy atom. The minimum Gasteiger partial charge on any atom is -0.423 e. The van der Waals surface area contributed by atoms with E-state index in [1.54, 1.807) is 24.3 Å². The predicted octanol–water partition coefficient (Wildman–Crippen LogP) is 1.74. The molecule has 1 aromatic carbocycles. The monoisotopic (exact) mass is 190 g/mol. The summed E-state index contributed by atoms with van der Waals surface area (Å²) in [5.74, 6) is -0.118. The van der Waals surface area contributed by atoms with Crippen molar-refractivity contribution in [2.24, 2.45) is 0 Å². The maximum atomic E-state index is 11.2. The number of aldehydes is 1. The van der Waals surface area contributed by atoms with E-state index < -0.39 is 5.97 Å². The van der Waals surface area contributed by atoms with E-state index in [9.17, 15) is 9.59 Å². The van der Waals surface area contributed by atoms with Crippen LogP contribution in [-0.2, 0) is 9.59 Å². The fraction of sp³-hybridized carbons (Fsp3) is 0.0909. The van der Waals surface area contributed by atoms with Crippen LogP contribution in [0, 0.1) is 0 Å². The lowest BCUT2D eigenvalue weighted by Crippen LogP contribution is -2.10. The highest BCUT2D eigenvalue weighted by Crippen LogP contribution is 2.10. The Labute approximate surface area is 82.0 Å². The first kappa shape index (κ1) is 10.2. The number of ether oxygens (including phenoxy) is 1. The van der Waals surface area contributed by atoms with E-state index in [4.69, 9.17) is 4.74 Å². The Morgan fingerprint density at radius 3 is 2.57 bits per heavy atom. The summed E-state index contributed by atoms with van der Waals surface area (Å²) in [6.07, 6.45) is 0.625. The standard InChI is InChI=1S/C11H10O3/c1-9(7-8-12)11(13)14-10-5-3-2-4-6-10/h2-6,8H,1,7H2. The largest absolute Gasteiger partial charge is 0.423 e. The topological polar surface area (TPSA) is 43.4 Å². The van der Waals surface area contributed by atoms with Gasteiger partial charge in [0.15, 0.2) is 0 Å². The van der Waals surface area contributed by atoms with Crippen LogP contribution in [0.5, 0.6) is 5.75 Å². The molecule has 0 aromatic heterocycles. The molecule has 0 radical (unpaired) electrons. The smallest absolute Gasteiger partial charge is 0.339 e. The van der Waals surface area contributed by atoms with Crippen LogP contribution < -0.4 is 4.74 Å². The summed E-state index contributed by atoms with van der Waals surface area (Å²) < 4.78 is 4.93.